The Bertz CT molecular complexity index is 385. The third-order valence-electron chi connectivity index (χ3n) is 2.33. The van der Waals surface area contributed by atoms with E-state index < -0.39 is 29.0 Å². The molecule has 0 radical (unpaired) electrons. The minimum absolute atomic E-state index is 0.0380. The molecule has 0 aliphatic heterocycles. The largest absolute Gasteiger partial charge is 0.487 e. The summed E-state index contributed by atoms with van der Waals surface area (Å²) in [5.74, 6) is -7.01. The lowest BCUT2D eigenvalue weighted by atomic mass is 10.2. The second-order valence-corrected chi connectivity index (χ2v) is 4.02. The van der Waals surface area contributed by atoms with Crippen LogP contribution in [-0.2, 0) is 0 Å². The fourth-order valence-electron chi connectivity index (χ4n) is 1.35. The van der Waals surface area contributed by atoms with Crippen molar-refractivity contribution in [2.24, 2.45) is 5.92 Å². The number of hydrogen-bond acceptors (Lipinski definition) is 2. The van der Waals surface area contributed by atoms with Gasteiger partial charge in [-0.25, -0.2) is 8.78 Å². The van der Waals surface area contributed by atoms with Gasteiger partial charge in [0.15, 0.2) is 17.4 Å². The second kappa shape index (κ2) is 6.58. The molecule has 0 aromatic heterocycles. The van der Waals surface area contributed by atoms with E-state index in [-0.39, 0.29) is 18.6 Å². The summed E-state index contributed by atoms with van der Waals surface area (Å²) in [6.07, 6.45) is 0. The SMILES string of the molecule is CCNCC(C)COc1c(F)c(F)cc(F)c1F. The van der Waals surface area contributed by atoms with Gasteiger partial charge in [-0.05, 0) is 6.54 Å². The average molecular weight is 265 g/mol. The molecule has 18 heavy (non-hydrogen) atoms. The van der Waals surface area contributed by atoms with Crippen molar-refractivity contribution in [3.8, 4) is 5.75 Å². The summed E-state index contributed by atoms with van der Waals surface area (Å²) in [5, 5.41) is 3.02. The van der Waals surface area contributed by atoms with E-state index in [4.69, 9.17) is 4.74 Å². The maximum absolute atomic E-state index is 13.2. The highest BCUT2D eigenvalue weighted by Crippen LogP contribution is 2.26. The lowest BCUT2D eigenvalue weighted by Gasteiger charge is -2.14. The number of rotatable bonds is 6. The Balaban J connectivity index is 2.73. The van der Waals surface area contributed by atoms with Gasteiger partial charge in [0.2, 0.25) is 11.6 Å². The van der Waals surface area contributed by atoms with E-state index in [0.29, 0.717) is 6.54 Å². The van der Waals surface area contributed by atoms with E-state index >= 15 is 0 Å². The molecule has 0 saturated heterocycles. The van der Waals surface area contributed by atoms with E-state index in [1.54, 1.807) is 6.92 Å². The number of ether oxygens (including phenoxy) is 1. The smallest absolute Gasteiger partial charge is 0.203 e. The van der Waals surface area contributed by atoms with Gasteiger partial charge in [0.05, 0.1) is 6.61 Å². The van der Waals surface area contributed by atoms with Gasteiger partial charge in [-0.2, -0.15) is 8.78 Å². The van der Waals surface area contributed by atoms with Crippen LogP contribution in [0.3, 0.4) is 0 Å². The molecule has 1 atom stereocenters. The topological polar surface area (TPSA) is 21.3 Å². The second-order valence-electron chi connectivity index (χ2n) is 4.02. The van der Waals surface area contributed by atoms with Crippen molar-refractivity contribution >= 4 is 0 Å². The van der Waals surface area contributed by atoms with E-state index in [2.05, 4.69) is 5.32 Å². The Hall–Kier alpha value is -1.30. The number of hydrogen-bond donors (Lipinski definition) is 1. The predicted molar refractivity (Wildman–Crippen MR) is 59.5 cm³/mol. The molecule has 0 fully saturated rings. The molecule has 102 valence electrons. The van der Waals surface area contributed by atoms with Crippen LogP contribution in [0.1, 0.15) is 13.8 Å². The molecule has 0 spiro atoms. The van der Waals surface area contributed by atoms with Crippen LogP contribution in [0.2, 0.25) is 0 Å². The van der Waals surface area contributed by atoms with Gasteiger partial charge in [-0.1, -0.05) is 13.8 Å². The Kier molecular flexibility index (Phi) is 5.40. The van der Waals surface area contributed by atoms with Crippen molar-refractivity contribution in [3.05, 3.63) is 29.3 Å². The summed E-state index contributed by atoms with van der Waals surface area (Å²) in [4.78, 5) is 0. The molecule has 0 aliphatic rings. The zero-order chi connectivity index (χ0) is 13.7. The monoisotopic (exact) mass is 265 g/mol. The molecular weight excluding hydrogens is 250 g/mol. The van der Waals surface area contributed by atoms with E-state index in [1.165, 1.54) is 0 Å². The van der Waals surface area contributed by atoms with Gasteiger partial charge in [0.1, 0.15) is 0 Å². The summed E-state index contributed by atoms with van der Waals surface area (Å²) in [6, 6.07) is 0.152. The molecule has 0 amide bonds. The first kappa shape index (κ1) is 14.8. The van der Waals surface area contributed by atoms with Crippen molar-refractivity contribution in [2.45, 2.75) is 13.8 Å². The maximum atomic E-state index is 13.2. The zero-order valence-corrected chi connectivity index (χ0v) is 10.2. The Morgan fingerprint density at radius 1 is 1.17 bits per heavy atom. The standard InChI is InChI=1S/C12H15F4NO/c1-3-17-5-7(2)6-18-12-10(15)8(13)4-9(14)11(12)16/h4,7,17H,3,5-6H2,1-2H3. The summed E-state index contributed by atoms with van der Waals surface area (Å²) in [5.41, 5.74) is 0. The third-order valence-corrected chi connectivity index (χ3v) is 2.33. The molecule has 1 aromatic carbocycles. The van der Waals surface area contributed by atoms with Crippen molar-refractivity contribution in [1.29, 1.82) is 0 Å². The predicted octanol–water partition coefficient (Wildman–Crippen LogP) is 2.87. The molecule has 6 heteroatoms. The Labute approximate surface area is 103 Å². The van der Waals surface area contributed by atoms with E-state index in [0.717, 1.165) is 6.54 Å². The first-order valence-corrected chi connectivity index (χ1v) is 5.63. The highest BCUT2D eigenvalue weighted by atomic mass is 19.2. The van der Waals surface area contributed by atoms with Gasteiger partial charge in [0, 0.05) is 18.5 Å². The van der Waals surface area contributed by atoms with E-state index in [1.807, 2.05) is 6.92 Å². The lowest BCUT2D eigenvalue weighted by molar-refractivity contribution is 0.228. The Morgan fingerprint density at radius 3 is 2.22 bits per heavy atom. The van der Waals surface area contributed by atoms with Crippen LogP contribution in [0.5, 0.6) is 5.75 Å². The van der Waals surface area contributed by atoms with Crippen molar-refractivity contribution in [1.82, 2.24) is 5.32 Å². The van der Waals surface area contributed by atoms with Crippen LogP contribution in [0, 0.1) is 29.2 Å². The zero-order valence-electron chi connectivity index (χ0n) is 10.2. The minimum Gasteiger partial charge on any atom is -0.487 e. The van der Waals surface area contributed by atoms with Gasteiger partial charge < -0.3 is 10.1 Å². The summed E-state index contributed by atoms with van der Waals surface area (Å²) < 4.78 is 57.0. The highest BCUT2D eigenvalue weighted by molar-refractivity contribution is 5.28. The van der Waals surface area contributed by atoms with E-state index in [9.17, 15) is 17.6 Å². The van der Waals surface area contributed by atoms with Crippen LogP contribution in [0.25, 0.3) is 0 Å². The third kappa shape index (κ3) is 3.60. The molecule has 0 bridgehead atoms. The highest BCUT2D eigenvalue weighted by Gasteiger charge is 2.21. The van der Waals surface area contributed by atoms with Gasteiger partial charge >= 0.3 is 0 Å². The maximum Gasteiger partial charge on any atom is 0.203 e. The minimum atomic E-state index is -1.51. The molecule has 0 saturated carbocycles. The lowest BCUT2D eigenvalue weighted by Crippen LogP contribution is -2.25. The Morgan fingerprint density at radius 2 is 1.72 bits per heavy atom. The van der Waals surface area contributed by atoms with Crippen LogP contribution < -0.4 is 10.1 Å². The van der Waals surface area contributed by atoms with Crippen LogP contribution in [-0.4, -0.2) is 19.7 Å². The normalized spacial score (nSPS) is 12.6. The quantitative estimate of drug-likeness (QED) is 0.631. The molecule has 1 aromatic rings. The van der Waals surface area contributed by atoms with Crippen LogP contribution in [0.15, 0.2) is 6.07 Å². The summed E-state index contributed by atoms with van der Waals surface area (Å²) in [6.45, 7) is 4.99. The molecule has 1 N–H and O–H groups in total. The first-order valence-electron chi connectivity index (χ1n) is 5.63. The first-order chi connectivity index (χ1) is 8.47. The number of nitrogens with one attached hydrogen (secondary N) is 1. The molecular formula is C12H15F4NO. The fourth-order valence-corrected chi connectivity index (χ4v) is 1.35. The van der Waals surface area contributed by atoms with Crippen molar-refractivity contribution < 1.29 is 22.3 Å². The average Bonchev–Trinajstić information content (AvgIpc) is 2.34. The molecule has 0 aliphatic carbocycles. The molecule has 0 heterocycles. The van der Waals surface area contributed by atoms with Gasteiger partial charge in [-0.3, -0.25) is 0 Å². The number of halogens is 4. The summed E-state index contributed by atoms with van der Waals surface area (Å²) in [7, 11) is 0. The summed E-state index contributed by atoms with van der Waals surface area (Å²) >= 11 is 0. The fraction of sp³-hybridized carbons (Fsp3) is 0.500. The van der Waals surface area contributed by atoms with Crippen molar-refractivity contribution in [2.75, 3.05) is 19.7 Å². The van der Waals surface area contributed by atoms with Crippen LogP contribution >= 0.6 is 0 Å². The van der Waals surface area contributed by atoms with Gasteiger partial charge in [0.25, 0.3) is 0 Å². The molecule has 1 rings (SSSR count). The molecule has 2 nitrogen and oxygen atoms in total. The van der Waals surface area contributed by atoms with Gasteiger partial charge in [-0.15, -0.1) is 0 Å². The van der Waals surface area contributed by atoms with Crippen LogP contribution in [0.4, 0.5) is 17.6 Å². The van der Waals surface area contributed by atoms with Crippen molar-refractivity contribution in [3.63, 3.8) is 0 Å². The molecule has 1 unspecified atom stereocenters. The number of benzene rings is 1.